The molecule has 2 aliphatic rings. The van der Waals surface area contributed by atoms with Crippen LogP contribution in [0.3, 0.4) is 0 Å². The van der Waals surface area contributed by atoms with Gasteiger partial charge in [0.15, 0.2) is 0 Å². The second-order valence-electron chi connectivity index (χ2n) is 8.98. The van der Waals surface area contributed by atoms with E-state index >= 15 is 0 Å². The average Bonchev–Trinajstić information content (AvgIpc) is 3.08. The molecule has 2 heterocycles. The highest BCUT2D eigenvalue weighted by molar-refractivity contribution is 6.04. The predicted molar refractivity (Wildman–Crippen MR) is 96.7 cm³/mol. The van der Waals surface area contributed by atoms with Crippen LogP contribution in [0.4, 0.5) is 0 Å². The molecule has 0 aliphatic carbocycles. The quantitative estimate of drug-likeness (QED) is 0.896. The fourth-order valence-electron chi connectivity index (χ4n) is 3.80. The lowest BCUT2D eigenvalue weighted by atomic mass is 9.93. The van der Waals surface area contributed by atoms with Gasteiger partial charge in [0.25, 0.3) is 11.8 Å². The van der Waals surface area contributed by atoms with E-state index in [0.717, 1.165) is 12.8 Å². The number of hydrogen-bond donors (Lipinski definition) is 1. The van der Waals surface area contributed by atoms with E-state index in [9.17, 15) is 14.7 Å². The number of nitrogens with zero attached hydrogens (tertiary/aromatic N) is 2. The fraction of sp³-hybridized carbons (Fsp3) is 0.600. The number of hydrogen-bond acceptors (Lipinski definition) is 3. The van der Waals surface area contributed by atoms with Crippen molar-refractivity contribution >= 4 is 11.8 Å². The number of benzene rings is 1. The summed E-state index contributed by atoms with van der Waals surface area (Å²) in [6.45, 7) is 11.2. The van der Waals surface area contributed by atoms with Gasteiger partial charge < -0.3 is 14.9 Å². The predicted octanol–water partition coefficient (Wildman–Crippen LogP) is 3.14. The molecule has 0 atom stereocenters. The largest absolute Gasteiger partial charge is 0.506 e. The minimum atomic E-state index is -0.195. The van der Waals surface area contributed by atoms with Crippen LogP contribution < -0.4 is 0 Å². The van der Waals surface area contributed by atoms with Crippen LogP contribution >= 0.6 is 0 Å². The summed E-state index contributed by atoms with van der Waals surface area (Å²) < 4.78 is 0. The number of amides is 2. The summed E-state index contributed by atoms with van der Waals surface area (Å²) in [6, 6.07) is 4.89. The zero-order chi connectivity index (χ0) is 18.4. The maximum Gasteiger partial charge on any atom is 0.257 e. The maximum atomic E-state index is 12.8. The molecule has 0 radical (unpaired) electrons. The molecule has 2 aliphatic heterocycles. The molecule has 0 unspecified atom stereocenters. The Kier molecular flexibility index (Phi) is 4.30. The number of phenols is 1. The second-order valence-corrected chi connectivity index (χ2v) is 8.98. The van der Waals surface area contributed by atoms with E-state index in [2.05, 4.69) is 27.7 Å². The number of para-hydroxylation sites is 1. The van der Waals surface area contributed by atoms with E-state index in [0.29, 0.717) is 26.2 Å². The molecule has 0 bridgehead atoms. The summed E-state index contributed by atoms with van der Waals surface area (Å²) in [6.07, 6.45) is 1.89. The first-order valence-electron chi connectivity index (χ1n) is 9.00. The third-order valence-corrected chi connectivity index (χ3v) is 5.43. The Hall–Kier alpha value is -2.04. The monoisotopic (exact) mass is 344 g/mol. The first kappa shape index (κ1) is 17.8. The molecule has 3 rings (SSSR count). The Balaban J connectivity index is 1.83. The van der Waals surface area contributed by atoms with E-state index in [1.54, 1.807) is 28.0 Å². The average molecular weight is 344 g/mol. The first-order chi connectivity index (χ1) is 11.6. The summed E-state index contributed by atoms with van der Waals surface area (Å²) in [5.41, 5.74) is 0.642. The Morgan fingerprint density at radius 3 is 1.60 bits per heavy atom. The molecule has 2 fully saturated rings. The Labute approximate surface area is 149 Å². The van der Waals surface area contributed by atoms with Gasteiger partial charge in [-0.2, -0.15) is 0 Å². The van der Waals surface area contributed by atoms with Crippen molar-refractivity contribution in [3.05, 3.63) is 29.3 Å². The van der Waals surface area contributed by atoms with Gasteiger partial charge in [0.1, 0.15) is 5.75 Å². The van der Waals surface area contributed by atoms with Crippen molar-refractivity contribution in [1.82, 2.24) is 9.80 Å². The number of likely N-dealkylation sites (tertiary alicyclic amines) is 2. The molecule has 0 saturated carbocycles. The van der Waals surface area contributed by atoms with Gasteiger partial charge in [-0.3, -0.25) is 9.59 Å². The highest BCUT2D eigenvalue weighted by Gasteiger charge is 2.36. The van der Waals surface area contributed by atoms with Crippen LogP contribution in [0.5, 0.6) is 5.75 Å². The lowest BCUT2D eigenvalue weighted by molar-refractivity contribution is 0.0770. The van der Waals surface area contributed by atoms with E-state index in [4.69, 9.17) is 0 Å². The van der Waals surface area contributed by atoms with Crippen LogP contribution in [0.15, 0.2) is 18.2 Å². The SMILES string of the molecule is CC1(C)CCN(C(=O)c2cccc(C(=O)N3CCC(C)(C)C3)c2O)C1. The van der Waals surface area contributed by atoms with Gasteiger partial charge in [0.2, 0.25) is 0 Å². The molecule has 5 nitrogen and oxygen atoms in total. The number of aromatic hydroxyl groups is 1. The van der Waals surface area contributed by atoms with E-state index in [1.165, 1.54) is 0 Å². The van der Waals surface area contributed by atoms with Gasteiger partial charge in [-0.1, -0.05) is 33.8 Å². The number of rotatable bonds is 2. The number of phenolic OH excluding ortho intramolecular Hbond substituents is 1. The third-order valence-electron chi connectivity index (χ3n) is 5.43. The molecular weight excluding hydrogens is 316 g/mol. The van der Waals surface area contributed by atoms with Crippen LogP contribution in [0.25, 0.3) is 0 Å². The summed E-state index contributed by atoms with van der Waals surface area (Å²) in [5.74, 6) is -0.578. The highest BCUT2D eigenvalue weighted by atomic mass is 16.3. The van der Waals surface area contributed by atoms with Crippen molar-refractivity contribution in [1.29, 1.82) is 0 Å². The number of carbonyl (C=O) groups is 2. The molecule has 136 valence electrons. The van der Waals surface area contributed by atoms with Crippen LogP contribution in [-0.2, 0) is 0 Å². The smallest absolute Gasteiger partial charge is 0.257 e. The first-order valence-corrected chi connectivity index (χ1v) is 9.00. The summed E-state index contributed by atoms with van der Waals surface area (Å²) in [4.78, 5) is 29.1. The normalized spacial score (nSPS) is 21.6. The lowest BCUT2D eigenvalue weighted by Gasteiger charge is -2.22. The molecule has 2 amide bonds. The molecule has 1 aromatic rings. The van der Waals surface area contributed by atoms with Gasteiger partial charge >= 0.3 is 0 Å². The zero-order valence-corrected chi connectivity index (χ0v) is 15.6. The molecule has 25 heavy (non-hydrogen) atoms. The standard InChI is InChI=1S/C20H28N2O3/c1-19(2)8-10-21(12-19)17(24)14-6-5-7-15(16(14)23)18(25)22-11-9-20(3,4)13-22/h5-7,23H,8-13H2,1-4H3. The summed E-state index contributed by atoms with van der Waals surface area (Å²) >= 11 is 0. The van der Waals surface area contributed by atoms with Crippen molar-refractivity contribution in [3.63, 3.8) is 0 Å². The third kappa shape index (κ3) is 3.51. The van der Waals surface area contributed by atoms with Gasteiger partial charge in [0, 0.05) is 26.2 Å². The van der Waals surface area contributed by atoms with Gasteiger partial charge in [0.05, 0.1) is 11.1 Å². The molecule has 0 aromatic heterocycles. The Morgan fingerprint density at radius 2 is 1.28 bits per heavy atom. The topological polar surface area (TPSA) is 60.9 Å². The lowest BCUT2D eigenvalue weighted by Crippen LogP contribution is -2.32. The minimum Gasteiger partial charge on any atom is -0.506 e. The summed E-state index contributed by atoms with van der Waals surface area (Å²) in [5, 5.41) is 10.6. The minimum absolute atomic E-state index is 0.0971. The Bertz CT molecular complexity index is 653. The van der Waals surface area contributed by atoms with Crippen molar-refractivity contribution < 1.29 is 14.7 Å². The van der Waals surface area contributed by atoms with Gasteiger partial charge in [-0.15, -0.1) is 0 Å². The molecule has 1 N–H and O–H groups in total. The van der Waals surface area contributed by atoms with E-state index in [1.807, 2.05) is 0 Å². The van der Waals surface area contributed by atoms with Crippen LogP contribution in [0.2, 0.25) is 0 Å². The Morgan fingerprint density at radius 1 is 0.880 bits per heavy atom. The van der Waals surface area contributed by atoms with E-state index < -0.39 is 0 Å². The zero-order valence-electron chi connectivity index (χ0n) is 15.6. The van der Waals surface area contributed by atoms with Crippen molar-refractivity contribution in [2.75, 3.05) is 26.2 Å². The highest BCUT2D eigenvalue weighted by Crippen LogP contribution is 2.34. The van der Waals surface area contributed by atoms with Gasteiger partial charge in [-0.05, 0) is 35.8 Å². The van der Waals surface area contributed by atoms with Crippen LogP contribution in [0, 0.1) is 10.8 Å². The fourth-order valence-corrected chi connectivity index (χ4v) is 3.80. The van der Waals surface area contributed by atoms with Crippen molar-refractivity contribution in [2.45, 2.75) is 40.5 Å². The van der Waals surface area contributed by atoms with Crippen molar-refractivity contribution in [3.8, 4) is 5.75 Å². The van der Waals surface area contributed by atoms with Crippen molar-refractivity contribution in [2.24, 2.45) is 10.8 Å². The van der Waals surface area contributed by atoms with E-state index in [-0.39, 0.29) is 39.5 Å². The maximum absolute atomic E-state index is 12.8. The molecular formula is C20H28N2O3. The van der Waals surface area contributed by atoms with Crippen LogP contribution in [0.1, 0.15) is 61.3 Å². The molecule has 5 heteroatoms. The number of carbonyl (C=O) groups excluding carboxylic acids is 2. The summed E-state index contributed by atoms with van der Waals surface area (Å²) in [7, 11) is 0. The second kappa shape index (κ2) is 6.04. The van der Waals surface area contributed by atoms with Gasteiger partial charge in [-0.25, -0.2) is 0 Å². The van der Waals surface area contributed by atoms with Crippen LogP contribution in [-0.4, -0.2) is 52.9 Å². The molecule has 0 spiro atoms. The molecule has 2 saturated heterocycles. The molecule has 1 aromatic carbocycles.